The predicted molar refractivity (Wildman–Crippen MR) is 134 cm³/mol. The fraction of sp³-hybridized carbons (Fsp3) is 0.273. The van der Waals surface area contributed by atoms with Crippen molar-refractivity contribution >= 4 is 47.8 Å². The van der Waals surface area contributed by atoms with Gasteiger partial charge >= 0.3 is 0 Å². The first-order valence-corrected chi connectivity index (χ1v) is 10.5. The van der Waals surface area contributed by atoms with E-state index in [2.05, 4.69) is 30.8 Å². The molecular weight excluding hydrogens is 479 g/mol. The van der Waals surface area contributed by atoms with Crippen molar-refractivity contribution in [3.8, 4) is 0 Å². The number of benzene rings is 2. The number of hydrogen-bond acceptors (Lipinski definition) is 10. The molecule has 184 valence electrons. The molecule has 0 saturated carbocycles. The van der Waals surface area contributed by atoms with Gasteiger partial charge in [0.2, 0.25) is 17.8 Å². The van der Waals surface area contributed by atoms with Crippen molar-refractivity contribution in [2.24, 2.45) is 5.10 Å². The zero-order valence-corrected chi connectivity index (χ0v) is 19.9. The molecule has 1 aromatic heterocycles. The molecule has 2 heterocycles. The second-order valence-electron chi connectivity index (χ2n) is 7.66. The number of morpholine rings is 1. The summed E-state index contributed by atoms with van der Waals surface area (Å²) in [5, 5.41) is 18.2. The Bertz CT molecular complexity index is 1240. The van der Waals surface area contributed by atoms with E-state index in [0.717, 1.165) is 41.2 Å². The fourth-order valence-corrected chi connectivity index (χ4v) is 3.27. The molecule has 1 aliphatic rings. The minimum atomic E-state index is -0.641. The van der Waals surface area contributed by atoms with Crippen LogP contribution in [0.4, 0.5) is 33.6 Å². The normalized spacial score (nSPS) is 13.4. The maximum Gasteiger partial charge on any atom is 0.270 e. The number of non-ortho nitro benzene ring substituents is 1. The minimum Gasteiger partial charge on any atom is -0.378 e. The van der Waals surface area contributed by atoms with Crippen LogP contribution in [-0.4, -0.2) is 52.4 Å². The smallest absolute Gasteiger partial charge is 0.270 e. The van der Waals surface area contributed by atoms with Crippen LogP contribution in [0.2, 0.25) is 0 Å². The Hall–Kier alpha value is -3.90. The quantitative estimate of drug-likeness (QED) is 0.279. The second-order valence-corrected chi connectivity index (χ2v) is 7.66. The summed E-state index contributed by atoms with van der Waals surface area (Å²) < 4.78 is 19.4. The Morgan fingerprint density at radius 3 is 2.60 bits per heavy atom. The van der Waals surface area contributed by atoms with Gasteiger partial charge in [0.05, 0.1) is 24.4 Å². The lowest BCUT2D eigenvalue weighted by Crippen LogP contribution is -2.37. The van der Waals surface area contributed by atoms with Gasteiger partial charge in [0.25, 0.3) is 5.69 Å². The number of hydrogen-bond donors (Lipinski definition) is 2. The average Bonchev–Trinajstić information content (AvgIpc) is 2.83. The highest BCUT2D eigenvalue weighted by molar-refractivity contribution is 5.85. The summed E-state index contributed by atoms with van der Waals surface area (Å²) in [7, 11) is 0. The third-order valence-electron chi connectivity index (χ3n) is 5.12. The van der Waals surface area contributed by atoms with Gasteiger partial charge in [-0.2, -0.15) is 20.1 Å². The predicted octanol–water partition coefficient (Wildman–Crippen LogP) is 3.98. The number of ether oxygens (including phenoxy) is 1. The number of rotatable bonds is 7. The van der Waals surface area contributed by atoms with Crippen LogP contribution in [0, 0.1) is 29.8 Å². The largest absolute Gasteiger partial charge is 0.378 e. The van der Waals surface area contributed by atoms with E-state index in [1.54, 1.807) is 0 Å². The van der Waals surface area contributed by atoms with E-state index in [0.29, 0.717) is 38.2 Å². The molecule has 0 radical (unpaired) electrons. The van der Waals surface area contributed by atoms with E-state index in [1.165, 1.54) is 0 Å². The van der Waals surface area contributed by atoms with Crippen LogP contribution in [0.1, 0.15) is 16.7 Å². The molecule has 0 unspecified atom stereocenters. The molecule has 4 rings (SSSR count). The highest BCUT2D eigenvalue weighted by Gasteiger charge is 2.17. The van der Waals surface area contributed by atoms with E-state index in [9.17, 15) is 14.5 Å². The standard InChI is InChI=1S/C22H23FN8O3.ClH/c1-14-3-4-15(2)19(11-14)25-20-26-21(28-22(27-20)30-7-9-34-10-8-30)29-24-13-16-12-17(31(32)33)5-6-18(16)23;/h3-6,11-13H,7-10H2,1-2H3,(H2,25,26,27,28,29);1H. The zero-order chi connectivity index (χ0) is 24.1. The van der Waals surface area contributed by atoms with E-state index in [4.69, 9.17) is 4.74 Å². The summed E-state index contributed by atoms with van der Waals surface area (Å²) in [6.45, 7) is 6.31. The van der Waals surface area contributed by atoms with Crippen LogP contribution >= 0.6 is 12.4 Å². The molecule has 35 heavy (non-hydrogen) atoms. The van der Waals surface area contributed by atoms with Gasteiger partial charge < -0.3 is 15.0 Å². The van der Waals surface area contributed by atoms with Crippen molar-refractivity contribution in [2.45, 2.75) is 13.8 Å². The number of anilines is 4. The van der Waals surface area contributed by atoms with Crippen molar-refractivity contribution in [1.82, 2.24) is 15.0 Å². The number of hydrazone groups is 1. The number of aromatic nitrogens is 3. The van der Waals surface area contributed by atoms with Gasteiger partial charge in [-0.05, 0) is 37.1 Å². The molecule has 0 atom stereocenters. The van der Waals surface area contributed by atoms with E-state index in [-0.39, 0.29) is 29.6 Å². The second kappa shape index (κ2) is 11.5. The van der Waals surface area contributed by atoms with Gasteiger partial charge in [-0.15, -0.1) is 12.4 Å². The Labute approximate surface area is 207 Å². The Kier molecular flexibility index (Phi) is 8.44. The molecule has 1 saturated heterocycles. The number of aryl methyl sites for hydroxylation is 2. The average molecular weight is 503 g/mol. The van der Waals surface area contributed by atoms with Crippen LogP contribution in [0.25, 0.3) is 0 Å². The van der Waals surface area contributed by atoms with Gasteiger partial charge in [0.15, 0.2) is 0 Å². The van der Waals surface area contributed by atoms with Crippen LogP contribution in [-0.2, 0) is 4.74 Å². The molecule has 3 aromatic rings. The summed E-state index contributed by atoms with van der Waals surface area (Å²) in [5.74, 6) is 0.235. The van der Waals surface area contributed by atoms with Crippen LogP contribution in [0.15, 0.2) is 41.5 Å². The Morgan fingerprint density at radius 2 is 1.86 bits per heavy atom. The summed E-state index contributed by atoms with van der Waals surface area (Å²) in [5.41, 5.74) is 5.35. The highest BCUT2D eigenvalue weighted by Crippen LogP contribution is 2.22. The monoisotopic (exact) mass is 502 g/mol. The Morgan fingerprint density at radius 1 is 1.11 bits per heavy atom. The van der Waals surface area contributed by atoms with Crippen molar-refractivity contribution in [1.29, 1.82) is 0 Å². The molecule has 0 spiro atoms. The molecule has 2 aromatic carbocycles. The number of nitrogens with one attached hydrogen (secondary N) is 2. The summed E-state index contributed by atoms with van der Waals surface area (Å²) in [6, 6.07) is 9.21. The van der Waals surface area contributed by atoms with Gasteiger partial charge in [-0.25, -0.2) is 9.82 Å². The third kappa shape index (κ3) is 6.58. The maximum absolute atomic E-state index is 14.0. The number of halogens is 2. The molecule has 2 N–H and O–H groups in total. The molecular formula is C22H24ClFN8O3. The number of nitro groups is 1. The Balaban J connectivity index is 0.00000342. The molecule has 1 aliphatic heterocycles. The van der Waals surface area contributed by atoms with Crippen molar-refractivity contribution in [3.05, 3.63) is 69.0 Å². The molecule has 13 heteroatoms. The molecule has 11 nitrogen and oxygen atoms in total. The van der Waals surface area contributed by atoms with E-state index in [1.807, 2.05) is 36.9 Å². The lowest BCUT2D eigenvalue weighted by Gasteiger charge is -2.27. The topological polar surface area (TPSA) is 131 Å². The first-order valence-electron chi connectivity index (χ1n) is 10.5. The summed E-state index contributed by atoms with van der Waals surface area (Å²) >= 11 is 0. The maximum atomic E-state index is 14.0. The lowest BCUT2D eigenvalue weighted by molar-refractivity contribution is -0.384. The van der Waals surface area contributed by atoms with Crippen LogP contribution in [0.5, 0.6) is 0 Å². The molecule has 0 bridgehead atoms. The minimum absolute atomic E-state index is 0. The van der Waals surface area contributed by atoms with Crippen molar-refractivity contribution in [3.63, 3.8) is 0 Å². The van der Waals surface area contributed by atoms with Gasteiger partial charge in [0.1, 0.15) is 5.82 Å². The molecule has 0 amide bonds. The number of nitro benzene ring substituents is 1. The van der Waals surface area contributed by atoms with Crippen LogP contribution < -0.4 is 15.6 Å². The zero-order valence-electron chi connectivity index (χ0n) is 19.1. The fourth-order valence-electron chi connectivity index (χ4n) is 3.27. The lowest BCUT2D eigenvalue weighted by atomic mass is 10.1. The summed E-state index contributed by atoms with van der Waals surface area (Å²) in [4.78, 5) is 25.7. The van der Waals surface area contributed by atoms with Crippen LogP contribution in [0.3, 0.4) is 0 Å². The highest BCUT2D eigenvalue weighted by atomic mass is 35.5. The van der Waals surface area contributed by atoms with Crippen molar-refractivity contribution in [2.75, 3.05) is 41.9 Å². The van der Waals surface area contributed by atoms with Gasteiger partial charge in [-0.3, -0.25) is 10.1 Å². The van der Waals surface area contributed by atoms with E-state index < -0.39 is 10.7 Å². The first kappa shape index (κ1) is 25.7. The number of nitrogens with zero attached hydrogens (tertiary/aromatic N) is 6. The first-order chi connectivity index (χ1) is 16.4. The third-order valence-corrected chi connectivity index (χ3v) is 5.12. The van der Waals surface area contributed by atoms with E-state index >= 15 is 0 Å². The van der Waals surface area contributed by atoms with Gasteiger partial charge in [0, 0.05) is 36.5 Å². The molecule has 0 aliphatic carbocycles. The molecule has 1 fully saturated rings. The van der Waals surface area contributed by atoms with Crippen molar-refractivity contribution < 1.29 is 14.1 Å². The van der Waals surface area contributed by atoms with Gasteiger partial charge in [-0.1, -0.05) is 12.1 Å². The summed E-state index contributed by atoms with van der Waals surface area (Å²) in [6.07, 6.45) is 1.14. The SMILES string of the molecule is Cc1ccc(C)c(Nc2nc(NN=Cc3cc([N+](=O)[O-])ccc3F)nc(N3CCOCC3)n2)c1.Cl.